The number of likely N-dealkylation sites (N-methyl/N-ethyl adjacent to an activating group) is 1. The van der Waals surface area contributed by atoms with Crippen molar-refractivity contribution in [1.29, 1.82) is 0 Å². The van der Waals surface area contributed by atoms with E-state index in [0.717, 1.165) is 44.7 Å². The van der Waals surface area contributed by atoms with Gasteiger partial charge in [0.15, 0.2) is 5.76 Å². The van der Waals surface area contributed by atoms with Crippen LogP contribution >= 0.6 is 0 Å². The predicted molar refractivity (Wildman–Crippen MR) is 66.1 cm³/mol. The topological polar surface area (TPSA) is 47.1 Å². The van der Waals surface area contributed by atoms with E-state index in [2.05, 4.69) is 21.8 Å². The number of hydrogen-bond donors (Lipinski definition) is 0. The third kappa shape index (κ3) is 1.37. The average Bonchev–Trinajstić information content (AvgIpc) is 2.90. The highest BCUT2D eigenvalue weighted by molar-refractivity contribution is 5.63. The van der Waals surface area contributed by atoms with E-state index in [-0.39, 0.29) is 0 Å². The molecule has 0 spiro atoms. The monoisotopic (exact) mass is 244 g/mol. The van der Waals surface area contributed by atoms with Gasteiger partial charge < -0.3 is 9.42 Å². The van der Waals surface area contributed by atoms with E-state index < -0.39 is 0 Å². The molecule has 5 heteroatoms. The van der Waals surface area contributed by atoms with Crippen LogP contribution in [-0.2, 0) is 25.9 Å². The van der Waals surface area contributed by atoms with Crippen molar-refractivity contribution in [2.45, 2.75) is 32.4 Å². The fourth-order valence-corrected chi connectivity index (χ4v) is 3.03. The number of aryl methyl sites for hydroxylation is 2. The van der Waals surface area contributed by atoms with E-state index >= 15 is 0 Å². The normalized spacial score (nSPS) is 18.9. The quantitative estimate of drug-likeness (QED) is 0.704. The third-order valence-electron chi connectivity index (χ3n) is 3.97. The summed E-state index contributed by atoms with van der Waals surface area (Å²) in [5.74, 6) is 0.941. The van der Waals surface area contributed by atoms with Crippen LogP contribution in [0.1, 0.15) is 23.2 Å². The molecule has 4 rings (SSSR count). The Hall–Kier alpha value is -1.62. The van der Waals surface area contributed by atoms with Crippen LogP contribution < -0.4 is 0 Å². The minimum Gasteiger partial charge on any atom is -0.354 e. The van der Waals surface area contributed by atoms with Crippen LogP contribution in [0.15, 0.2) is 10.7 Å². The molecule has 2 aromatic rings. The molecule has 0 saturated carbocycles. The van der Waals surface area contributed by atoms with Crippen molar-refractivity contribution in [2.75, 3.05) is 13.6 Å². The average molecular weight is 244 g/mol. The van der Waals surface area contributed by atoms with Gasteiger partial charge in [0.05, 0.1) is 11.9 Å². The Labute approximate surface area is 105 Å². The van der Waals surface area contributed by atoms with E-state index in [0.29, 0.717) is 0 Å². The van der Waals surface area contributed by atoms with Crippen LogP contribution in [0, 0.1) is 0 Å². The van der Waals surface area contributed by atoms with Crippen LogP contribution in [0.3, 0.4) is 0 Å². The molecule has 0 aromatic carbocycles. The van der Waals surface area contributed by atoms with Gasteiger partial charge in [0, 0.05) is 37.2 Å². The van der Waals surface area contributed by atoms with Crippen LogP contribution in [0.2, 0.25) is 0 Å². The Morgan fingerprint density at radius 1 is 1.28 bits per heavy atom. The van der Waals surface area contributed by atoms with Gasteiger partial charge in [-0.2, -0.15) is 5.10 Å². The Kier molecular flexibility index (Phi) is 2.11. The highest BCUT2D eigenvalue weighted by Gasteiger charge is 2.28. The minimum absolute atomic E-state index is 0.941. The molecular weight excluding hydrogens is 228 g/mol. The zero-order valence-electron chi connectivity index (χ0n) is 10.5. The standard InChI is InChI=1S/C13H16N4O/c1-16-6-4-11-10(8-16)12-13-9(7-14-18-13)3-2-5-17(12)15-11/h7H,2-6,8H2,1H3. The maximum Gasteiger partial charge on any atom is 0.188 e. The lowest BCUT2D eigenvalue weighted by Crippen LogP contribution is -2.26. The van der Waals surface area contributed by atoms with Gasteiger partial charge in [-0.15, -0.1) is 0 Å². The smallest absolute Gasteiger partial charge is 0.188 e. The van der Waals surface area contributed by atoms with Gasteiger partial charge in [0.2, 0.25) is 0 Å². The molecule has 2 aliphatic heterocycles. The fourth-order valence-electron chi connectivity index (χ4n) is 3.03. The van der Waals surface area contributed by atoms with E-state index in [1.54, 1.807) is 0 Å². The van der Waals surface area contributed by atoms with Crippen LogP contribution in [0.4, 0.5) is 0 Å². The Morgan fingerprint density at radius 2 is 2.22 bits per heavy atom. The predicted octanol–water partition coefficient (Wildman–Crippen LogP) is 1.47. The van der Waals surface area contributed by atoms with Crippen LogP contribution in [0.5, 0.6) is 0 Å². The van der Waals surface area contributed by atoms with Crippen molar-refractivity contribution in [2.24, 2.45) is 0 Å². The van der Waals surface area contributed by atoms with Crippen molar-refractivity contribution < 1.29 is 4.52 Å². The maximum atomic E-state index is 5.49. The molecule has 18 heavy (non-hydrogen) atoms. The zero-order valence-corrected chi connectivity index (χ0v) is 10.5. The Bertz CT molecular complexity index is 598. The van der Waals surface area contributed by atoms with Crippen molar-refractivity contribution in [1.82, 2.24) is 19.8 Å². The first-order chi connectivity index (χ1) is 8.83. The molecule has 0 N–H and O–H groups in total. The molecule has 0 saturated heterocycles. The third-order valence-corrected chi connectivity index (χ3v) is 3.97. The molecular formula is C13H16N4O. The number of rotatable bonds is 0. The molecule has 94 valence electrons. The number of fused-ring (bicyclic) bond motifs is 5. The summed E-state index contributed by atoms with van der Waals surface area (Å²) in [4.78, 5) is 2.34. The first kappa shape index (κ1) is 10.3. The van der Waals surface area contributed by atoms with Gasteiger partial charge >= 0.3 is 0 Å². The molecule has 2 aliphatic rings. The SMILES string of the molecule is CN1CCc2nn3c(c2C1)-c1oncc1CCC3. The highest BCUT2D eigenvalue weighted by atomic mass is 16.5. The zero-order chi connectivity index (χ0) is 12.1. The maximum absolute atomic E-state index is 5.49. The van der Waals surface area contributed by atoms with Gasteiger partial charge in [-0.3, -0.25) is 4.68 Å². The second-order valence-corrected chi connectivity index (χ2v) is 5.27. The van der Waals surface area contributed by atoms with E-state index in [1.165, 1.54) is 22.5 Å². The molecule has 0 bridgehead atoms. The van der Waals surface area contributed by atoms with Crippen molar-refractivity contribution in [3.8, 4) is 11.5 Å². The molecule has 0 atom stereocenters. The minimum atomic E-state index is 0.941. The molecule has 0 unspecified atom stereocenters. The molecule has 0 aliphatic carbocycles. The van der Waals surface area contributed by atoms with E-state index in [1.807, 2.05) is 6.20 Å². The lowest BCUT2D eigenvalue weighted by molar-refractivity contribution is 0.311. The van der Waals surface area contributed by atoms with Crippen LogP contribution in [-0.4, -0.2) is 33.4 Å². The summed E-state index contributed by atoms with van der Waals surface area (Å²) in [6, 6.07) is 0. The largest absolute Gasteiger partial charge is 0.354 e. The molecule has 4 heterocycles. The summed E-state index contributed by atoms with van der Waals surface area (Å²) in [7, 11) is 2.16. The second-order valence-electron chi connectivity index (χ2n) is 5.27. The Morgan fingerprint density at radius 3 is 3.17 bits per heavy atom. The van der Waals surface area contributed by atoms with Gasteiger partial charge in [0.1, 0.15) is 5.69 Å². The molecule has 2 aromatic heterocycles. The highest BCUT2D eigenvalue weighted by Crippen LogP contribution is 2.34. The van der Waals surface area contributed by atoms with Gasteiger partial charge in [-0.1, -0.05) is 5.16 Å². The summed E-state index contributed by atoms with van der Waals surface area (Å²) in [6.07, 6.45) is 5.04. The number of aromatic nitrogens is 3. The summed E-state index contributed by atoms with van der Waals surface area (Å²) in [5, 5.41) is 8.73. The summed E-state index contributed by atoms with van der Waals surface area (Å²) in [5.41, 5.74) is 4.97. The molecule has 0 fully saturated rings. The van der Waals surface area contributed by atoms with Crippen molar-refractivity contribution >= 4 is 0 Å². The van der Waals surface area contributed by atoms with E-state index in [4.69, 9.17) is 9.62 Å². The van der Waals surface area contributed by atoms with Gasteiger partial charge in [-0.05, 0) is 19.9 Å². The van der Waals surface area contributed by atoms with Crippen LogP contribution in [0.25, 0.3) is 11.5 Å². The fraction of sp³-hybridized carbons (Fsp3) is 0.538. The second kappa shape index (κ2) is 3.68. The first-order valence-corrected chi connectivity index (χ1v) is 6.54. The molecule has 5 nitrogen and oxygen atoms in total. The summed E-state index contributed by atoms with van der Waals surface area (Å²) >= 11 is 0. The van der Waals surface area contributed by atoms with Gasteiger partial charge in [0.25, 0.3) is 0 Å². The first-order valence-electron chi connectivity index (χ1n) is 6.54. The van der Waals surface area contributed by atoms with Gasteiger partial charge in [-0.25, -0.2) is 0 Å². The molecule has 0 amide bonds. The summed E-state index contributed by atoms with van der Waals surface area (Å²) < 4.78 is 7.62. The van der Waals surface area contributed by atoms with Crippen molar-refractivity contribution in [3.05, 3.63) is 23.0 Å². The van der Waals surface area contributed by atoms with E-state index in [9.17, 15) is 0 Å². The lowest BCUT2D eigenvalue weighted by atomic mass is 10.0. The van der Waals surface area contributed by atoms with Crippen molar-refractivity contribution in [3.63, 3.8) is 0 Å². The number of hydrogen-bond acceptors (Lipinski definition) is 4. The summed E-state index contributed by atoms with van der Waals surface area (Å²) in [6.45, 7) is 3.04. The Balaban J connectivity index is 1.95. The number of nitrogens with zero attached hydrogens (tertiary/aromatic N) is 4. The lowest BCUT2D eigenvalue weighted by Gasteiger charge is -2.21. The molecule has 0 radical (unpaired) electrons.